The van der Waals surface area contributed by atoms with Crippen molar-refractivity contribution in [3.63, 3.8) is 0 Å². The fourth-order valence-corrected chi connectivity index (χ4v) is 4.12. The molecule has 29 heavy (non-hydrogen) atoms. The van der Waals surface area contributed by atoms with Crippen LogP contribution in [0, 0.1) is 0 Å². The molecule has 0 spiro atoms. The molecule has 0 fully saturated rings. The summed E-state index contributed by atoms with van der Waals surface area (Å²) in [4.78, 5) is 27.1. The van der Waals surface area contributed by atoms with Gasteiger partial charge in [-0.3, -0.25) is 4.79 Å². The van der Waals surface area contributed by atoms with E-state index in [9.17, 15) is 14.7 Å². The minimum atomic E-state index is -0.592. The van der Waals surface area contributed by atoms with Crippen LogP contribution in [0.15, 0.2) is 30.3 Å². The standard InChI is InChI=1S/C22H23NO6/c1-27-14-5-6-20-17(12-14)18(4-3-9-29-20)23-8-7-15-16(21(23)25)10-13(11-19(15)24)22(26)28-2/h5-6,10-12,18,24H,3-4,7-9H2,1-2H3/t18-/m0/s1. The third-order valence-corrected chi connectivity index (χ3v) is 5.57. The molecule has 2 aromatic rings. The Morgan fingerprint density at radius 3 is 2.83 bits per heavy atom. The molecule has 0 bridgehead atoms. The zero-order valence-electron chi connectivity index (χ0n) is 16.4. The first-order chi connectivity index (χ1) is 14.0. The van der Waals surface area contributed by atoms with Gasteiger partial charge < -0.3 is 24.2 Å². The van der Waals surface area contributed by atoms with Crippen molar-refractivity contribution in [1.82, 2.24) is 4.90 Å². The zero-order valence-corrected chi connectivity index (χ0v) is 16.4. The Hall–Kier alpha value is -3.22. The molecule has 7 nitrogen and oxygen atoms in total. The highest BCUT2D eigenvalue weighted by atomic mass is 16.5. The summed E-state index contributed by atoms with van der Waals surface area (Å²) in [5, 5.41) is 10.4. The number of fused-ring (bicyclic) bond motifs is 2. The molecule has 2 aliphatic rings. The number of nitrogens with zero attached hydrogens (tertiary/aromatic N) is 1. The summed E-state index contributed by atoms with van der Waals surface area (Å²) in [6.07, 6.45) is 2.07. The van der Waals surface area contributed by atoms with Crippen molar-refractivity contribution in [1.29, 1.82) is 0 Å². The number of esters is 1. The maximum atomic E-state index is 13.4. The van der Waals surface area contributed by atoms with Crippen LogP contribution in [-0.4, -0.2) is 49.3 Å². The molecule has 0 saturated carbocycles. The maximum absolute atomic E-state index is 13.4. The predicted molar refractivity (Wildman–Crippen MR) is 105 cm³/mol. The van der Waals surface area contributed by atoms with E-state index in [1.54, 1.807) is 12.0 Å². The Morgan fingerprint density at radius 2 is 2.07 bits per heavy atom. The van der Waals surface area contributed by atoms with Gasteiger partial charge in [0.25, 0.3) is 5.91 Å². The van der Waals surface area contributed by atoms with Gasteiger partial charge in [-0.15, -0.1) is 0 Å². The number of carbonyl (C=O) groups excluding carboxylic acids is 2. The van der Waals surface area contributed by atoms with Crippen molar-refractivity contribution < 1.29 is 28.9 Å². The van der Waals surface area contributed by atoms with Gasteiger partial charge in [0.2, 0.25) is 0 Å². The average Bonchev–Trinajstić information content (AvgIpc) is 2.95. The number of amides is 1. The van der Waals surface area contributed by atoms with Gasteiger partial charge in [0, 0.05) is 23.2 Å². The predicted octanol–water partition coefficient (Wildman–Crippen LogP) is 3.10. The molecule has 1 atom stereocenters. The minimum absolute atomic E-state index is 0.0535. The number of benzene rings is 2. The van der Waals surface area contributed by atoms with Crippen molar-refractivity contribution in [2.45, 2.75) is 25.3 Å². The second-order valence-electron chi connectivity index (χ2n) is 7.17. The van der Waals surface area contributed by atoms with Crippen LogP contribution in [0.4, 0.5) is 0 Å². The second kappa shape index (κ2) is 7.66. The van der Waals surface area contributed by atoms with E-state index < -0.39 is 5.97 Å². The number of phenolic OH excluding ortho intramolecular Hbond substituents is 1. The Balaban J connectivity index is 1.75. The van der Waals surface area contributed by atoms with E-state index in [2.05, 4.69) is 0 Å². The van der Waals surface area contributed by atoms with Crippen molar-refractivity contribution in [2.75, 3.05) is 27.4 Å². The summed E-state index contributed by atoms with van der Waals surface area (Å²) < 4.78 is 16.0. The van der Waals surface area contributed by atoms with Crippen molar-refractivity contribution in [2.24, 2.45) is 0 Å². The summed E-state index contributed by atoms with van der Waals surface area (Å²) in [5.41, 5.74) is 1.97. The Morgan fingerprint density at radius 1 is 1.24 bits per heavy atom. The summed E-state index contributed by atoms with van der Waals surface area (Å²) >= 11 is 0. The lowest BCUT2D eigenvalue weighted by molar-refractivity contribution is 0.0600. The summed E-state index contributed by atoms with van der Waals surface area (Å²) in [7, 11) is 2.87. The molecule has 1 N–H and O–H groups in total. The van der Waals surface area contributed by atoms with Crippen LogP contribution in [0.2, 0.25) is 0 Å². The minimum Gasteiger partial charge on any atom is -0.508 e. The molecule has 7 heteroatoms. The molecule has 1 amide bonds. The number of rotatable bonds is 3. The summed E-state index contributed by atoms with van der Waals surface area (Å²) in [5.74, 6) is 0.592. The molecule has 2 aromatic carbocycles. The molecule has 4 rings (SSSR count). The highest BCUT2D eigenvalue weighted by Gasteiger charge is 2.35. The van der Waals surface area contributed by atoms with Crippen molar-refractivity contribution in [3.8, 4) is 17.2 Å². The first kappa shape index (κ1) is 19.1. The van der Waals surface area contributed by atoms with Crippen LogP contribution in [0.5, 0.6) is 17.2 Å². The van der Waals surface area contributed by atoms with Crippen LogP contribution in [-0.2, 0) is 11.2 Å². The SMILES string of the molecule is COC(=O)c1cc(O)c2c(c1)C(=O)N([C@H]1CCCOc3ccc(OC)cc31)CC2. The largest absolute Gasteiger partial charge is 0.508 e. The van der Waals surface area contributed by atoms with E-state index in [4.69, 9.17) is 14.2 Å². The van der Waals surface area contributed by atoms with Gasteiger partial charge in [0.15, 0.2) is 0 Å². The second-order valence-corrected chi connectivity index (χ2v) is 7.17. The fraction of sp³-hybridized carbons (Fsp3) is 0.364. The number of carbonyl (C=O) groups is 2. The summed E-state index contributed by atoms with van der Waals surface area (Å²) in [6, 6.07) is 8.32. The number of methoxy groups -OCH3 is 2. The van der Waals surface area contributed by atoms with E-state index in [0.29, 0.717) is 36.4 Å². The van der Waals surface area contributed by atoms with Gasteiger partial charge in [0.1, 0.15) is 17.2 Å². The molecular formula is C22H23NO6. The van der Waals surface area contributed by atoms with E-state index in [1.807, 2.05) is 18.2 Å². The quantitative estimate of drug-likeness (QED) is 0.801. The van der Waals surface area contributed by atoms with E-state index >= 15 is 0 Å². The van der Waals surface area contributed by atoms with Gasteiger partial charge in [-0.2, -0.15) is 0 Å². The van der Waals surface area contributed by atoms with E-state index in [-0.39, 0.29) is 23.3 Å². The van der Waals surface area contributed by atoms with Crippen LogP contribution < -0.4 is 9.47 Å². The lowest BCUT2D eigenvalue weighted by Gasteiger charge is -2.36. The van der Waals surface area contributed by atoms with Crippen LogP contribution in [0.3, 0.4) is 0 Å². The first-order valence-corrected chi connectivity index (χ1v) is 9.59. The third kappa shape index (κ3) is 3.37. The highest BCUT2D eigenvalue weighted by Crippen LogP contribution is 2.40. The molecule has 0 saturated heterocycles. The van der Waals surface area contributed by atoms with Crippen molar-refractivity contribution >= 4 is 11.9 Å². The first-order valence-electron chi connectivity index (χ1n) is 9.59. The Bertz CT molecular complexity index is 970. The molecule has 152 valence electrons. The number of hydrogen-bond donors (Lipinski definition) is 1. The Labute approximate surface area is 168 Å². The fourth-order valence-electron chi connectivity index (χ4n) is 4.12. The summed E-state index contributed by atoms with van der Waals surface area (Å²) in [6.45, 7) is 1.06. The molecular weight excluding hydrogens is 374 g/mol. The number of ether oxygens (including phenoxy) is 3. The molecule has 0 aromatic heterocycles. The Kier molecular flexibility index (Phi) is 5.05. The highest BCUT2D eigenvalue weighted by molar-refractivity contribution is 6.01. The maximum Gasteiger partial charge on any atom is 0.338 e. The smallest absolute Gasteiger partial charge is 0.338 e. The molecule has 2 heterocycles. The van der Waals surface area contributed by atoms with Crippen molar-refractivity contribution in [3.05, 3.63) is 52.6 Å². The molecule has 0 aliphatic carbocycles. The monoisotopic (exact) mass is 397 g/mol. The van der Waals surface area contributed by atoms with E-state index in [1.165, 1.54) is 19.2 Å². The lowest BCUT2D eigenvalue weighted by atomic mass is 9.91. The zero-order chi connectivity index (χ0) is 20.5. The van der Waals surface area contributed by atoms with Gasteiger partial charge in [-0.25, -0.2) is 4.79 Å². The topological polar surface area (TPSA) is 85.3 Å². The lowest BCUT2D eigenvalue weighted by Crippen LogP contribution is -2.40. The molecule has 2 aliphatic heterocycles. The van der Waals surface area contributed by atoms with Gasteiger partial charge in [-0.1, -0.05) is 0 Å². The van der Waals surface area contributed by atoms with Crippen LogP contribution in [0.25, 0.3) is 0 Å². The van der Waals surface area contributed by atoms with Gasteiger partial charge in [-0.05, 0) is 49.6 Å². The average molecular weight is 397 g/mol. The number of aromatic hydroxyl groups is 1. The number of phenols is 1. The van der Waals surface area contributed by atoms with Gasteiger partial charge >= 0.3 is 5.97 Å². The van der Waals surface area contributed by atoms with Crippen LogP contribution in [0.1, 0.15) is 50.7 Å². The third-order valence-electron chi connectivity index (χ3n) is 5.57. The van der Waals surface area contributed by atoms with Gasteiger partial charge in [0.05, 0.1) is 32.4 Å². The van der Waals surface area contributed by atoms with E-state index in [0.717, 1.165) is 24.2 Å². The number of hydrogen-bond acceptors (Lipinski definition) is 6. The van der Waals surface area contributed by atoms with Crippen LogP contribution >= 0.6 is 0 Å². The molecule has 0 unspecified atom stereocenters. The molecule has 0 radical (unpaired) electrons. The normalized spacial score (nSPS) is 18.2.